The molecular formula is C13H16Br2N2O4. The molecule has 0 fully saturated rings. The van der Waals surface area contributed by atoms with Crippen molar-refractivity contribution in [2.24, 2.45) is 0 Å². The van der Waals surface area contributed by atoms with Gasteiger partial charge in [0.05, 0.1) is 4.92 Å². The summed E-state index contributed by atoms with van der Waals surface area (Å²) in [6, 6.07) is 7.66. The highest BCUT2D eigenvalue weighted by Gasteiger charge is 2.48. The summed E-state index contributed by atoms with van der Waals surface area (Å²) < 4.78 is 3.41. The Kier molecular flexibility index (Phi) is 5.75. The number of benzene rings is 1. The molecule has 0 aliphatic carbocycles. The predicted octanol–water partition coefficient (Wildman–Crippen LogP) is 3.97. The summed E-state index contributed by atoms with van der Waals surface area (Å²) in [7, 11) is 0. The second-order valence-corrected chi connectivity index (χ2v) is 8.82. The summed E-state index contributed by atoms with van der Waals surface area (Å²) >= 11 is 6.01. The monoisotopic (exact) mass is 422 g/mol. The van der Waals surface area contributed by atoms with Crippen LogP contribution in [0.25, 0.3) is 0 Å². The van der Waals surface area contributed by atoms with Gasteiger partial charge in [-0.25, -0.2) is 4.79 Å². The highest BCUT2D eigenvalue weighted by atomic mass is 79.9. The molecule has 1 amide bonds. The molecule has 0 radical (unpaired) electrons. The summed E-state index contributed by atoms with van der Waals surface area (Å²) in [5.74, 6) is 0. The lowest BCUT2D eigenvalue weighted by molar-refractivity contribution is -0.509. The van der Waals surface area contributed by atoms with Gasteiger partial charge in [-0.05, 0) is 26.3 Å². The molecule has 21 heavy (non-hydrogen) atoms. The fourth-order valence-electron chi connectivity index (χ4n) is 1.55. The van der Waals surface area contributed by atoms with E-state index in [0.29, 0.717) is 5.56 Å². The van der Waals surface area contributed by atoms with Crippen LogP contribution in [-0.4, -0.2) is 20.0 Å². The molecule has 1 atom stereocenters. The Morgan fingerprint density at radius 1 is 1.29 bits per heavy atom. The van der Waals surface area contributed by atoms with Gasteiger partial charge in [0.2, 0.25) is 0 Å². The van der Waals surface area contributed by atoms with E-state index in [1.54, 1.807) is 51.1 Å². The van der Waals surface area contributed by atoms with Crippen molar-refractivity contribution in [2.45, 2.75) is 35.8 Å². The molecule has 1 N–H and O–H groups in total. The third-order valence-electron chi connectivity index (χ3n) is 2.38. The number of halogens is 2. The van der Waals surface area contributed by atoms with Crippen LogP contribution in [-0.2, 0) is 4.74 Å². The molecule has 0 saturated carbocycles. The molecule has 0 saturated heterocycles. The summed E-state index contributed by atoms with van der Waals surface area (Å²) in [4.78, 5) is 22.6. The molecule has 1 unspecified atom stereocenters. The Hall–Kier alpha value is -1.15. The quantitative estimate of drug-likeness (QED) is 0.343. The number of nitrogens with zero attached hydrogens (tertiary/aromatic N) is 1. The van der Waals surface area contributed by atoms with Crippen LogP contribution in [0.1, 0.15) is 32.4 Å². The maximum absolute atomic E-state index is 11.9. The Balaban J connectivity index is 3.05. The van der Waals surface area contributed by atoms with Crippen molar-refractivity contribution in [3.8, 4) is 0 Å². The highest BCUT2D eigenvalue weighted by molar-refractivity contribution is 9.25. The number of alkyl carbamates (subject to hydrolysis) is 1. The van der Waals surface area contributed by atoms with Crippen LogP contribution < -0.4 is 5.32 Å². The van der Waals surface area contributed by atoms with Crippen LogP contribution in [0, 0.1) is 10.1 Å². The normalized spacial score (nSPS) is 13.4. The van der Waals surface area contributed by atoms with Gasteiger partial charge >= 0.3 is 9.45 Å². The van der Waals surface area contributed by atoms with E-state index < -0.39 is 26.0 Å². The van der Waals surface area contributed by atoms with Gasteiger partial charge in [-0.2, -0.15) is 0 Å². The fourth-order valence-corrected chi connectivity index (χ4v) is 2.30. The number of nitrogens with one attached hydrogen (secondary N) is 1. The largest absolute Gasteiger partial charge is 0.444 e. The minimum Gasteiger partial charge on any atom is -0.444 e. The van der Waals surface area contributed by atoms with E-state index >= 15 is 0 Å². The number of carbonyl (C=O) groups is 1. The Morgan fingerprint density at radius 2 is 1.81 bits per heavy atom. The lowest BCUT2D eigenvalue weighted by Crippen LogP contribution is -2.44. The van der Waals surface area contributed by atoms with Crippen molar-refractivity contribution in [2.75, 3.05) is 0 Å². The fraction of sp³-hybridized carbons (Fsp3) is 0.462. The molecule has 0 aliphatic heterocycles. The van der Waals surface area contributed by atoms with E-state index in [2.05, 4.69) is 37.2 Å². The number of amides is 1. The number of hydrogen-bond acceptors (Lipinski definition) is 4. The Morgan fingerprint density at radius 3 is 2.24 bits per heavy atom. The van der Waals surface area contributed by atoms with Crippen molar-refractivity contribution in [1.29, 1.82) is 0 Å². The van der Waals surface area contributed by atoms with Gasteiger partial charge < -0.3 is 10.1 Å². The zero-order valence-electron chi connectivity index (χ0n) is 11.8. The van der Waals surface area contributed by atoms with E-state index in [4.69, 9.17) is 4.74 Å². The first-order chi connectivity index (χ1) is 9.54. The average Bonchev–Trinajstić information content (AvgIpc) is 2.34. The number of nitro groups is 1. The van der Waals surface area contributed by atoms with Crippen LogP contribution in [0.4, 0.5) is 4.79 Å². The third-order valence-corrected chi connectivity index (χ3v) is 3.88. The van der Waals surface area contributed by atoms with E-state index in [0.717, 1.165) is 0 Å². The molecular weight excluding hydrogens is 408 g/mol. The number of hydrogen-bond donors (Lipinski definition) is 1. The van der Waals surface area contributed by atoms with Gasteiger partial charge in [0.15, 0.2) is 0 Å². The molecule has 0 aliphatic rings. The predicted molar refractivity (Wildman–Crippen MR) is 86.1 cm³/mol. The number of ether oxygens (including phenoxy) is 1. The summed E-state index contributed by atoms with van der Waals surface area (Å²) in [6.45, 7) is 5.15. The first-order valence-corrected chi connectivity index (χ1v) is 7.69. The van der Waals surface area contributed by atoms with Crippen LogP contribution in [0.2, 0.25) is 0 Å². The van der Waals surface area contributed by atoms with Gasteiger partial charge in [0.25, 0.3) is 0 Å². The smallest absolute Gasteiger partial charge is 0.408 e. The minimum atomic E-state index is -1.74. The Labute approximate surface area is 139 Å². The number of rotatable bonds is 4. The standard InChI is InChI=1S/C13H16Br2N2O4/c1-12(2,3)21-11(18)16-10(13(14,15)17(19)20)9-7-5-4-6-8-9/h4-8,10H,1-3H3,(H,16,18). The molecule has 0 aromatic heterocycles. The maximum atomic E-state index is 11.9. The maximum Gasteiger partial charge on any atom is 0.408 e. The zero-order valence-corrected chi connectivity index (χ0v) is 15.0. The van der Waals surface area contributed by atoms with Crippen molar-refractivity contribution < 1.29 is 14.5 Å². The average molecular weight is 424 g/mol. The van der Waals surface area contributed by atoms with E-state index in [9.17, 15) is 14.9 Å². The minimum absolute atomic E-state index is 0.564. The molecule has 6 nitrogen and oxygen atoms in total. The lowest BCUT2D eigenvalue weighted by atomic mass is 10.1. The summed E-state index contributed by atoms with van der Waals surface area (Å²) in [5, 5.41) is 13.7. The summed E-state index contributed by atoms with van der Waals surface area (Å²) in [6.07, 6.45) is -0.735. The number of alkyl halides is 2. The van der Waals surface area contributed by atoms with Gasteiger partial charge in [-0.1, -0.05) is 30.3 Å². The first-order valence-electron chi connectivity index (χ1n) is 6.11. The second-order valence-electron chi connectivity index (χ2n) is 5.33. The topological polar surface area (TPSA) is 81.5 Å². The molecule has 0 heterocycles. The van der Waals surface area contributed by atoms with Gasteiger partial charge in [-0.15, -0.1) is 0 Å². The molecule has 1 rings (SSSR count). The van der Waals surface area contributed by atoms with E-state index in [-0.39, 0.29) is 0 Å². The van der Waals surface area contributed by atoms with Gasteiger partial charge in [-0.3, -0.25) is 10.1 Å². The molecule has 1 aromatic rings. The van der Waals surface area contributed by atoms with Crippen molar-refractivity contribution in [3.63, 3.8) is 0 Å². The van der Waals surface area contributed by atoms with Gasteiger partial charge in [0, 0.05) is 31.9 Å². The van der Waals surface area contributed by atoms with E-state index in [1.807, 2.05) is 0 Å². The molecule has 8 heteroatoms. The van der Waals surface area contributed by atoms with Gasteiger partial charge in [0.1, 0.15) is 11.6 Å². The second kappa shape index (κ2) is 6.74. The highest BCUT2D eigenvalue weighted by Crippen LogP contribution is 2.40. The van der Waals surface area contributed by atoms with Crippen LogP contribution in [0.15, 0.2) is 30.3 Å². The van der Waals surface area contributed by atoms with Crippen LogP contribution in [0.5, 0.6) is 0 Å². The summed E-state index contributed by atoms with van der Waals surface area (Å²) in [5.41, 5.74) is -0.130. The molecule has 0 bridgehead atoms. The van der Waals surface area contributed by atoms with Crippen molar-refractivity contribution in [1.82, 2.24) is 5.32 Å². The van der Waals surface area contributed by atoms with Crippen molar-refractivity contribution in [3.05, 3.63) is 46.0 Å². The van der Waals surface area contributed by atoms with Crippen molar-refractivity contribution >= 4 is 38.0 Å². The Bertz CT molecular complexity index is 515. The zero-order chi connectivity index (χ0) is 16.3. The van der Waals surface area contributed by atoms with Crippen LogP contribution >= 0.6 is 31.9 Å². The van der Waals surface area contributed by atoms with E-state index in [1.165, 1.54) is 0 Å². The van der Waals surface area contributed by atoms with Crippen LogP contribution in [0.3, 0.4) is 0 Å². The molecule has 0 spiro atoms. The third kappa shape index (κ3) is 5.28. The molecule has 1 aromatic carbocycles. The number of carbonyl (C=O) groups excluding carboxylic acids is 1. The first kappa shape index (κ1) is 17.9. The lowest BCUT2D eigenvalue weighted by Gasteiger charge is -2.27. The molecule has 116 valence electrons. The SMILES string of the molecule is CC(C)(C)OC(=O)NC(c1ccccc1)C(Br)(Br)[N+](=O)[O-].